The molecule has 2 rings (SSSR count). The molecule has 0 bridgehead atoms. The number of hydrogen-bond donors (Lipinski definition) is 1. The van der Waals surface area contributed by atoms with Gasteiger partial charge in [-0.2, -0.15) is 0 Å². The van der Waals surface area contributed by atoms with E-state index in [-0.39, 0.29) is 11.1 Å². The summed E-state index contributed by atoms with van der Waals surface area (Å²) in [6.45, 7) is 5.58. The zero-order chi connectivity index (χ0) is 13.2. The monoisotopic (exact) mass is 248 g/mol. The van der Waals surface area contributed by atoms with Crippen molar-refractivity contribution in [2.75, 3.05) is 6.54 Å². The predicted octanol–water partition coefficient (Wildman–Crippen LogP) is 1.26. The van der Waals surface area contributed by atoms with Crippen molar-refractivity contribution in [1.82, 2.24) is 14.2 Å². The summed E-state index contributed by atoms with van der Waals surface area (Å²) in [4.78, 5) is 12.0. The molecule has 2 aromatic heterocycles. The van der Waals surface area contributed by atoms with Crippen LogP contribution in [0.15, 0.2) is 29.2 Å². The molecule has 2 N–H and O–H groups in total. The third-order valence-electron chi connectivity index (χ3n) is 3.26. The highest BCUT2D eigenvalue weighted by Crippen LogP contribution is 2.20. The van der Waals surface area contributed by atoms with E-state index in [1.54, 1.807) is 10.6 Å². The highest BCUT2D eigenvalue weighted by Gasteiger charge is 2.15. The first kappa shape index (κ1) is 12.8. The molecule has 0 aliphatic heterocycles. The van der Waals surface area contributed by atoms with Crippen LogP contribution in [0.25, 0.3) is 5.65 Å². The summed E-state index contributed by atoms with van der Waals surface area (Å²) in [6, 6.07) is 5.54. The van der Waals surface area contributed by atoms with Crippen molar-refractivity contribution in [2.45, 2.75) is 33.2 Å². The molecule has 5 heteroatoms. The van der Waals surface area contributed by atoms with Gasteiger partial charge in [-0.05, 0) is 36.9 Å². The van der Waals surface area contributed by atoms with Gasteiger partial charge in [-0.25, -0.2) is 9.48 Å². The molecule has 5 nitrogen and oxygen atoms in total. The quantitative estimate of drug-likeness (QED) is 0.866. The van der Waals surface area contributed by atoms with E-state index in [9.17, 15) is 4.79 Å². The minimum absolute atomic E-state index is 0.0730. The fraction of sp³-hybridized carbons (Fsp3) is 0.538. The van der Waals surface area contributed by atoms with Crippen molar-refractivity contribution >= 4 is 5.65 Å². The summed E-state index contributed by atoms with van der Waals surface area (Å²) in [7, 11) is 0. The second-order valence-corrected chi connectivity index (χ2v) is 5.41. The van der Waals surface area contributed by atoms with Gasteiger partial charge in [-0.15, -0.1) is 5.10 Å². The Kier molecular flexibility index (Phi) is 3.52. The average Bonchev–Trinajstić information content (AvgIpc) is 2.67. The number of pyridine rings is 1. The maximum absolute atomic E-state index is 12.0. The Labute approximate surface area is 106 Å². The number of aryl methyl sites for hydroxylation is 1. The largest absolute Gasteiger partial charge is 0.350 e. The van der Waals surface area contributed by atoms with Gasteiger partial charge in [-0.3, -0.25) is 4.40 Å². The van der Waals surface area contributed by atoms with Crippen LogP contribution in [0.5, 0.6) is 0 Å². The van der Waals surface area contributed by atoms with Crippen LogP contribution < -0.4 is 11.4 Å². The molecule has 18 heavy (non-hydrogen) atoms. The number of aromatic nitrogens is 3. The fourth-order valence-corrected chi connectivity index (χ4v) is 1.92. The molecule has 2 heterocycles. The van der Waals surface area contributed by atoms with Gasteiger partial charge in [0.05, 0.1) is 0 Å². The van der Waals surface area contributed by atoms with E-state index in [4.69, 9.17) is 5.73 Å². The standard InChI is InChI=1S/C13H20N4O/c1-13(2,10-14)7-5-9-17-12(18)16-8-4-3-6-11(16)15-17/h3-4,6,8H,5,7,9-10,14H2,1-2H3. The molecule has 98 valence electrons. The lowest BCUT2D eigenvalue weighted by atomic mass is 9.88. The van der Waals surface area contributed by atoms with E-state index in [0.717, 1.165) is 12.8 Å². The average molecular weight is 248 g/mol. The molecule has 0 spiro atoms. The van der Waals surface area contributed by atoms with E-state index >= 15 is 0 Å². The van der Waals surface area contributed by atoms with Crippen molar-refractivity contribution in [3.63, 3.8) is 0 Å². The second kappa shape index (κ2) is 4.94. The number of rotatable bonds is 5. The van der Waals surface area contributed by atoms with E-state index in [2.05, 4.69) is 18.9 Å². The molecule has 0 fully saturated rings. The van der Waals surface area contributed by atoms with Crippen LogP contribution in [0.2, 0.25) is 0 Å². The van der Waals surface area contributed by atoms with Gasteiger partial charge in [0.15, 0.2) is 5.65 Å². The number of fused-ring (bicyclic) bond motifs is 1. The molecule has 0 aliphatic carbocycles. The van der Waals surface area contributed by atoms with Crippen LogP contribution in [-0.2, 0) is 6.54 Å². The lowest BCUT2D eigenvalue weighted by molar-refractivity contribution is 0.323. The van der Waals surface area contributed by atoms with Crippen LogP contribution in [0, 0.1) is 5.41 Å². The summed E-state index contributed by atoms with van der Waals surface area (Å²) < 4.78 is 3.09. The maximum atomic E-state index is 12.0. The Bertz CT molecular complexity index is 582. The van der Waals surface area contributed by atoms with Gasteiger partial charge in [0.2, 0.25) is 0 Å². The summed E-state index contributed by atoms with van der Waals surface area (Å²) in [5, 5.41) is 4.29. The van der Waals surface area contributed by atoms with Gasteiger partial charge in [0.25, 0.3) is 0 Å². The molecule has 0 saturated carbocycles. The van der Waals surface area contributed by atoms with Crippen LogP contribution in [0.1, 0.15) is 26.7 Å². The summed E-state index contributed by atoms with van der Waals surface area (Å²) in [5.74, 6) is 0. The van der Waals surface area contributed by atoms with Gasteiger partial charge in [0, 0.05) is 12.7 Å². The molecule has 2 aromatic rings. The third-order valence-corrected chi connectivity index (χ3v) is 3.26. The van der Waals surface area contributed by atoms with Gasteiger partial charge in [0.1, 0.15) is 0 Å². The molecular weight excluding hydrogens is 228 g/mol. The van der Waals surface area contributed by atoms with Gasteiger partial charge in [-0.1, -0.05) is 19.9 Å². The van der Waals surface area contributed by atoms with Crippen molar-refractivity contribution in [2.24, 2.45) is 11.1 Å². The molecule has 0 radical (unpaired) electrons. The first-order chi connectivity index (χ1) is 8.53. The molecule has 0 aromatic carbocycles. The van der Waals surface area contributed by atoms with Crippen molar-refractivity contribution in [3.8, 4) is 0 Å². The number of nitrogens with zero attached hydrogens (tertiary/aromatic N) is 3. The minimum Gasteiger partial charge on any atom is -0.330 e. The highest BCUT2D eigenvalue weighted by atomic mass is 16.2. The zero-order valence-corrected chi connectivity index (χ0v) is 11.0. The lowest BCUT2D eigenvalue weighted by Gasteiger charge is -2.21. The van der Waals surface area contributed by atoms with E-state index < -0.39 is 0 Å². The molecular formula is C13H20N4O. The fourth-order valence-electron chi connectivity index (χ4n) is 1.92. The van der Waals surface area contributed by atoms with Crippen molar-refractivity contribution < 1.29 is 0 Å². The summed E-state index contributed by atoms with van der Waals surface area (Å²) >= 11 is 0. The summed E-state index contributed by atoms with van der Waals surface area (Å²) in [5.41, 5.74) is 6.44. The first-order valence-corrected chi connectivity index (χ1v) is 6.28. The highest BCUT2D eigenvalue weighted by molar-refractivity contribution is 5.35. The smallest absolute Gasteiger partial charge is 0.330 e. The molecule has 0 aliphatic rings. The normalized spacial score (nSPS) is 12.2. The molecule has 0 atom stereocenters. The lowest BCUT2D eigenvalue weighted by Crippen LogP contribution is -2.25. The Hall–Kier alpha value is -1.62. The van der Waals surface area contributed by atoms with Crippen LogP contribution in [0.3, 0.4) is 0 Å². The second-order valence-electron chi connectivity index (χ2n) is 5.41. The molecule has 0 saturated heterocycles. The van der Waals surface area contributed by atoms with E-state index in [1.807, 2.05) is 18.2 Å². The SMILES string of the molecule is CC(C)(CN)CCCn1nc2ccccn2c1=O. The Morgan fingerprint density at radius 1 is 1.39 bits per heavy atom. The molecule has 0 amide bonds. The van der Waals surface area contributed by atoms with Gasteiger partial charge < -0.3 is 5.73 Å². The summed E-state index contributed by atoms with van der Waals surface area (Å²) in [6.07, 6.45) is 3.64. The van der Waals surface area contributed by atoms with Crippen LogP contribution in [-0.4, -0.2) is 20.7 Å². The van der Waals surface area contributed by atoms with E-state index in [1.165, 1.54) is 4.68 Å². The Balaban J connectivity index is 2.09. The van der Waals surface area contributed by atoms with Crippen molar-refractivity contribution in [3.05, 3.63) is 34.9 Å². The Morgan fingerprint density at radius 3 is 2.83 bits per heavy atom. The Morgan fingerprint density at radius 2 is 2.17 bits per heavy atom. The predicted molar refractivity (Wildman–Crippen MR) is 71.5 cm³/mol. The number of nitrogens with two attached hydrogens (primary N) is 1. The van der Waals surface area contributed by atoms with E-state index in [0.29, 0.717) is 18.7 Å². The van der Waals surface area contributed by atoms with Crippen LogP contribution in [0.4, 0.5) is 0 Å². The maximum Gasteiger partial charge on any atom is 0.350 e. The number of hydrogen-bond acceptors (Lipinski definition) is 3. The topological polar surface area (TPSA) is 65.3 Å². The third kappa shape index (κ3) is 2.61. The molecule has 0 unspecified atom stereocenters. The first-order valence-electron chi connectivity index (χ1n) is 6.28. The minimum atomic E-state index is -0.0730. The van der Waals surface area contributed by atoms with Crippen LogP contribution >= 0.6 is 0 Å². The van der Waals surface area contributed by atoms with Gasteiger partial charge >= 0.3 is 5.69 Å². The zero-order valence-electron chi connectivity index (χ0n) is 11.0. The van der Waals surface area contributed by atoms with Crippen molar-refractivity contribution in [1.29, 1.82) is 0 Å².